The summed E-state index contributed by atoms with van der Waals surface area (Å²) in [4.78, 5) is 5.21. The average molecular weight is 455 g/mol. The number of thiazole rings is 1. The monoisotopic (exact) mass is 454 g/mol. The minimum Gasteiger partial charge on any atom is -0.279 e. The second-order valence-electron chi connectivity index (χ2n) is 6.19. The van der Waals surface area contributed by atoms with Gasteiger partial charge in [-0.05, 0) is 55.8 Å². The standard InChI is InChI=1S/C18H18N2O4S4/c1-12-9-14(26-18-19-13(2)11-25-18)7-8-17(12)20-28(23,24)16-6-4-5-15(10-16)27(3,21)22/h4-11,20H,1-3H3. The number of hydrogen-bond donors (Lipinski definition) is 1. The quantitative estimate of drug-likeness (QED) is 0.602. The molecule has 0 saturated carbocycles. The number of aryl methyl sites for hydroxylation is 2. The Morgan fingerprint density at radius 1 is 1.00 bits per heavy atom. The fraction of sp³-hybridized carbons (Fsp3) is 0.167. The first-order valence-electron chi connectivity index (χ1n) is 8.08. The molecule has 1 N–H and O–H groups in total. The van der Waals surface area contributed by atoms with Gasteiger partial charge in [0, 0.05) is 22.2 Å². The predicted molar refractivity (Wildman–Crippen MR) is 113 cm³/mol. The van der Waals surface area contributed by atoms with Gasteiger partial charge in [-0.3, -0.25) is 4.72 Å². The number of anilines is 1. The molecule has 0 aliphatic rings. The molecule has 0 aliphatic heterocycles. The molecule has 0 bridgehead atoms. The second kappa shape index (κ2) is 7.86. The molecule has 1 aromatic heterocycles. The summed E-state index contributed by atoms with van der Waals surface area (Å²) in [6.07, 6.45) is 1.04. The molecular weight excluding hydrogens is 436 g/mol. The van der Waals surface area contributed by atoms with Crippen LogP contribution in [-0.2, 0) is 19.9 Å². The van der Waals surface area contributed by atoms with Crippen LogP contribution in [0.15, 0.2) is 66.9 Å². The summed E-state index contributed by atoms with van der Waals surface area (Å²) < 4.78 is 52.2. The van der Waals surface area contributed by atoms with Crippen molar-refractivity contribution in [3.05, 3.63) is 59.1 Å². The Balaban J connectivity index is 1.84. The number of rotatable bonds is 6. The summed E-state index contributed by atoms with van der Waals surface area (Å²) in [5, 5.41) is 1.97. The molecule has 0 aliphatic carbocycles. The summed E-state index contributed by atoms with van der Waals surface area (Å²) in [6.45, 7) is 3.74. The zero-order valence-electron chi connectivity index (χ0n) is 15.3. The topological polar surface area (TPSA) is 93.2 Å². The van der Waals surface area contributed by atoms with Gasteiger partial charge in [-0.25, -0.2) is 21.8 Å². The van der Waals surface area contributed by atoms with Gasteiger partial charge in [0.15, 0.2) is 14.2 Å². The van der Waals surface area contributed by atoms with Gasteiger partial charge in [-0.2, -0.15) is 0 Å². The molecule has 0 unspecified atom stereocenters. The molecular formula is C18H18N2O4S4. The summed E-state index contributed by atoms with van der Waals surface area (Å²) in [7, 11) is -7.42. The van der Waals surface area contributed by atoms with Crippen LogP contribution in [-0.4, -0.2) is 28.1 Å². The molecule has 10 heteroatoms. The van der Waals surface area contributed by atoms with E-state index in [1.807, 2.05) is 31.4 Å². The molecule has 148 valence electrons. The van der Waals surface area contributed by atoms with Gasteiger partial charge in [0.05, 0.1) is 15.5 Å². The van der Waals surface area contributed by atoms with E-state index in [0.717, 1.165) is 32.8 Å². The van der Waals surface area contributed by atoms with E-state index < -0.39 is 19.9 Å². The van der Waals surface area contributed by atoms with Crippen molar-refractivity contribution >= 4 is 48.6 Å². The van der Waals surface area contributed by atoms with E-state index in [4.69, 9.17) is 0 Å². The number of sulfonamides is 1. The van der Waals surface area contributed by atoms with Crippen molar-refractivity contribution in [2.75, 3.05) is 11.0 Å². The third-order valence-corrected chi connectivity index (χ3v) is 8.31. The number of nitrogens with one attached hydrogen (secondary N) is 1. The molecule has 0 saturated heterocycles. The highest BCUT2D eigenvalue weighted by Crippen LogP contribution is 2.33. The van der Waals surface area contributed by atoms with Crippen molar-refractivity contribution in [2.45, 2.75) is 32.9 Å². The van der Waals surface area contributed by atoms with Crippen LogP contribution in [0.2, 0.25) is 0 Å². The SMILES string of the molecule is Cc1csc(Sc2ccc(NS(=O)(=O)c3cccc(S(C)(=O)=O)c3)c(C)c2)n1. The largest absolute Gasteiger partial charge is 0.279 e. The molecule has 28 heavy (non-hydrogen) atoms. The van der Waals surface area contributed by atoms with Crippen LogP contribution in [0.1, 0.15) is 11.3 Å². The molecule has 0 fully saturated rings. The lowest BCUT2D eigenvalue weighted by Gasteiger charge is -2.12. The highest BCUT2D eigenvalue weighted by molar-refractivity contribution is 8.01. The van der Waals surface area contributed by atoms with Gasteiger partial charge >= 0.3 is 0 Å². The molecule has 2 aromatic carbocycles. The Bertz CT molecular complexity index is 1230. The number of nitrogens with zero attached hydrogens (tertiary/aromatic N) is 1. The van der Waals surface area contributed by atoms with E-state index in [1.165, 1.54) is 30.0 Å². The predicted octanol–water partition coefficient (Wildman–Crippen LogP) is 4.12. The van der Waals surface area contributed by atoms with Crippen molar-refractivity contribution in [3.63, 3.8) is 0 Å². The van der Waals surface area contributed by atoms with Crippen LogP contribution in [0.4, 0.5) is 5.69 Å². The molecule has 0 spiro atoms. The van der Waals surface area contributed by atoms with Gasteiger partial charge in [0.2, 0.25) is 0 Å². The van der Waals surface area contributed by atoms with Gasteiger partial charge in [-0.15, -0.1) is 11.3 Å². The third-order valence-electron chi connectivity index (χ3n) is 3.79. The smallest absolute Gasteiger partial charge is 0.261 e. The van der Waals surface area contributed by atoms with Crippen LogP contribution < -0.4 is 4.72 Å². The molecule has 3 aromatic rings. The van der Waals surface area contributed by atoms with Crippen LogP contribution in [0.5, 0.6) is 0 Å². The fourth-order valence-electron chi connectivity index (χ4n) is 2.37. The molecule has 1 heterocycles. The number of benzene rings is 2. The van der Waals surface area contributed by atoms with E-state index in [2.05, 4.69) is 9.71 Å². The Labute approximate surface area is 173 Å². The van der Waals surface area contributed by atoms with Crippen LogP contribution in [0.3, 0.4) is 0 Å². The highest BCUT2D eigenvalue weighted by atomic mass is 32.2. The molecule has 3 rings (SSSR count). The number of aromatic nitrogens is 1. The first-order valence-corrected chi connectivity index (χ1v) is 13.2. The van der Waals surface area contributed by atoms with Crippen LogP contribution in [0.25, 0.3) is 0 Å². The lowest BCUT2D eigenvalue weighted by molar-refractivity contribution is 0.599. The van der Waals surface area contributed by atoms with E-state index >= 15 is 0 Å². The van der Waals surface area contributed by atoms with Crippen molar-refractivity contribution in [1.82, 2.24) is 4.98 Å². The summed E-state index contributed by atoms with van der Waals surface area (Å²) in [5.74, 6) is 0. The van der Waals surface area contributed by atoms with Crippen molar-refractivity contribution in [3.8, 4) is 0 Å². The highest BCUT2D eigenvalue weighted by Gasteiger charge is 2.18. The summed E-state index contributed by atoms with van der Waals surface area (Å²) in [6, 6.07) is 10.7. The minimum atomic E-state index is -3.92. The fourth-order valence-corrected chi connectivity index (χ4v) is 6.20. The normalized spacial score (nSPS) is 12.1. The van der Waals surface area contributed by atoms with E-state index in [1.54, 1.807) is 17.4 Å². The first-order chi connectivity index (χ1) is 13.0. The maximum Gasteiger partial charge on any atom is 0.261 e. The Morgan fingerprint density at radius 3 is 2.32 bits per heavy atom. The maximum absolute atomic E-state index is 12.7. The van der Waals surface area contributed by atoms with E-state index in [9.17, 15) is 16.8 Å². The Hall–Kier alpha value is -1.88. The molecule has 0 amide bonds. The van der Waals surface area contributed by atoms with Crippen molar-refractivity contribution in [1.29, 1.82) is 0 Å². The van der Waals surface area contributed by atoms with Crippen molar-refractivity contribution < 1.29 is 16.8 Å². The lowest BCUT2D eigenvalue weighted by Crippen LogP contribution is -2.14. The van der Waals surface area contributed by atoms with E-state index in [0.29, 0.717) is 5.69 Å². The van der Waals surface area contributed by atoms with Gasteiger partial charge in [0.1, 0.15) is 0 Å². The zero-order chi connectivity index (χ0) is 20.5. The lowest BCUT2D eigenvalue weighted by atomic mass is 10.2. The Kier molecular flexibility index (Phi) is 5.85. The number of hydrogen-bond acceptors (Lipinski definition) is 7. The molecule has 0 atom stereocenters. The van der Waals surface area contributed by atoms with Gasteiger partial charge in [-0.1, -0.05) is 17.8 Å². The summed E-state index contributed by atoms with van der Waals surface area (Å²) >= 11 is 3.07. The zero-order valence-corrected chi connectivity index (χ0v) is 18.6. The van der Waals surface area contributed by atoms with Crippen LogP contribution in [0, 0.1) is 13.8 Å². The average Bonchev–Trinajstić information content (AvgIpc) is 3.01. The Morgan fingerprint density at radius 2 is 1.71 bits per heavy atom. The van der Waals surface area contributed by atoms with E-state index in [-0.39, 0.29) is 9.79 Å². The molecule has 6 nitrogen and oxygen atoms in total. The minimum absolute atomic E-state index is 0.0439. The summed E-state index contributed by atoms with van der Waals surface area (Å²) in [5.41, 5.74) is 2.15. The maximum atomic E-state index is 12.7. The molecule has 0 radical (unpaired) electrons. The van der Waals surface area contributed by atoms with Gasteiger partial charge in [0.25, 0.3) is 10.0 Å². The second-order valence-corrected chi connectivity index (χ2v) is 12.1. The first kappa shape index (κ1) is 20.8. The van der Waals surface area contributed by atoms with Crippen molar-refractivity contribution in [2.24, 2.45) is 0 Å². The van der Waals surface area contributed by atoms with Crippen LogP contribution >= 0.6 is 23.1 Å². The number of sulfone groups is 1. The third kappa shape index (κ3) is 4.93. The van der Waals surface area contributed by atoms with Gasteiger partial charge < -0.3 is 0 Å².